The molecule has 0 bridgehead atoms. The van der Waals surface area contributed by atoms with Crippen molar-refractivity contribution in [1.82, 2.24) is 20.0 Å². The summed E-state index contributed by atoms with van der Waals surface area (Å²) >= 11 is 1.35. The molecule has 0 spiro atoms. The zero-order valence-electron chi connectivity index (χ0n) is 13.4. The zero-order chi connectivity index (χ0) is 16.8. The van der Waals surface area contributed by atoms with Crippen molar-refractivity contribution in [1.29, 1.82) is 0 Å². The molecule has 6 nitrogen and oxygen atoms in total. The van der Waals surface area contributed by atoms with Crippen LogP contribution in [0.15, 0.2) is 35.1 Å². The molecule has 3 aromatic heterocycles. The van der Waals surface area contributed by atoms with Crippen LogP contribution in [-0.2, 0) is 0 Å². The summed E-state index contributed by atoms with van der Waals surface area (Å²) in [5.41, 5.74) is 2.96. The first-order valence-electron chi connectivity index (χ1n) is 7.40. The first-order valence-corrected chi connectivity index (χ1v) is 8.21. The van der Waals surface area contributed by atoms with E-state index in [2.05, 4.69) is 15.3 Å². The van der Waals surface area contributed by atoms with Gasteiger partial charge in [-0.05, 0) is 37.6 Å². The Labute approximate surface area is 141 Å². The molecular weight excluding hydrogens is 324 g/mol. The number of nitrogens with zero attached hydrogens (tertiary/aromatic N) is 4. The number of hydrogen-bond acceptors (Lipinski definition) is 6. The SMILES string of the molecule is COc1ccccc1-n1nnc2c(sc3nc(C)c(C)cc32)c1=O. The number of thiophene rings is 1. The van der Waals surface area contributed by atoms with Crippen molar-refractivity contribution in [3.63, 3.8) is 0 Å². The highest BCUT2D eigenvalue weighted by Gasteiger charge is 2.17. The Morgan fingerprint density at radius 1 is 1.21 bits per heavy atom. The Morgan fingerprint density at radius 3 is 2.79 bits per heavy atom. The van der Waals surface area contributed by atoms with Gasteiger partial charge >= 0.3 is 0 Å². The molecule has 24 heavy (non-hydrogen) atoms. The molecule has 0 amide bonds. The summed E-state index contributed by atoms with van der Waals surface area (Å²) in [6.07, 6.45) is 0. The predicted octanol–water partition coefficient (Wildman–Crippen LogP) is 3.02. The second kappa shape index (κ2) is 5.38. The first kappa shape index (κ1) is 14.8. The Balaban J connectivity index is 2.06. The van der Waals surface area contributed by atoms with E-state index in [0.29, 0.717) is 21.7 Å². The molecule has 3 heterocycles. The van der Waals surface area contributed by atoms with E-state index in [1.165, 1.54) is 16.0 Å². The van der Waals surface area contributed by atoms with Gasteiger partial charge in [0.1, 0.15) is 26.5 Å². The van der Waals surface area contributed by atoms with E-state index in [1.807, 2.05) is 32.0 Å². The maximum atomic E-state index is 12.9. The lowest BCUT2D eigenvalue weighted by Crippen LogP contribution is -2.22. The minimum atomic E-state index is -0.220. The molecule has 0 saturated heterocycles. The standard InChI is InChI=1S/C17H14N4O2S/c1-9-8-11-14-15(24-16(11)18-10(9)2)17(22)21(20-19-14)12-6-4-5-7-13(12)23-3/h4-8H,1-3H3. The van der Waals surface area contributed by atoms with Gasteiger partial charge in [-0.15, -0.1) is 16.4 Å². The molecule has 0 unspecified atom stereocenters. The largest absolute Gasteiger partial charge is 0.494 e. The number of rotatable bonds is 2. The number of para-hydroxylation sites is 2. The van der Waals surface area contributed by atoms with Gasteiger partial charge in [-0.3, -0.25) is 4.79 Å². The Hall–Kier alpha value is -2.80. The van der Waals surface area contributed by atoms with E-state index < -0.39 is 0 Å². The van der Waals surface area contributed by atoms with Crippen LogP contribution in [0.5, 0.6) is 5.75 Å². The minimum absolute atomic E-state index is 0.220. The van der Waals surface area contributed by atoms with E-state index in [9.17, 15) is 4.79 Å². The molecule has 1 aromatic carbocycles. The van der Waals surface area contributed by atoms with Crippen LogP contribution in [-0.4, -0.2) is 27.1 Å². The van der Waals surface area contributed by atoms with E-state index in [1.54, 1.807) is 19.2 Å². The number of aromatic nitrogens is 4. The van der Waals surface area contributed by atoms with Gasteiger partial charge in [0, 0.05) is 11.1 Å². The summed E-state index contributed by atoms with van der Waals surface area (Å²) in [4.78, 5) is 18.3. The summed E-state index contributed by atoms with van der Waals surface area (Å²) < 4.78 is 7.14. The average Bonchev–Trinajstić information content (AvgIpc) is 2.94. The van der Waals surface area contributed by atoms with Gasteiger partial charge in [0.2, 0.25) is 0 Å². The van der Waals surface area contributed by atoms with Crippen molar-refractivity contribution >= 4 is 31.8 Å². The van der Waals surface area contributed by atoms with Crippen molar-refractivity contribution in [2.75, 3.05) is 7.11 Å². The van der Waals surface area contributed by atoms with Gasteiger partial charge in [-0.1, -0.05) is 17.3 Å². The van der Waals surface area contributed by atoms with E-state index in [4.69, 9.17) is 4.74 Å². The van der Waals surface area contributed by atoms with Gasteiger partial charge in [-0.25, -0.2) is 4.98 Å². The van der Waals surface area contributed by atoms with Gasteiger partial charge < -0.3 is 4.74 Å². The van der Waals surface area contributed by atoms with Gasteiger partial charge in [-0.2, -0.15) is 4.68 Å². The molecule has 0 atom stereocenters. The number of pyridine rings is 1. The topological polar surface area (TPSA) is 69.9 Å². The Bertz CT molecular complexity index is 1150. The summed E-state index contributed by atoms with van der Waals surface area (Å²) in [6, 6.07) is 9.25. The average molecular weight is 338 g/mol. The van der Waals surface area contributed by atoms with E-state index in [0.717, 1.165) is 21.5 Å². The zero-order valence-corrected chi connectivity index (χ0v) is 14.2. The van der Waals surface area contributed by atoms with Crippen molar-refractivity contribution in [3.05, 3.63) is 51.9 Å². The lowest BCUT2D eigenvalue weighted by atomic mass is 10.2. The monoisotopic (exact) mass is 338 g/mol. The van der Waals surface area contributed by atoms with Gasteiger partial charge in [0.05, 0.1) is 7.11 Å². The van der Waals surface area contributed by atoms with Crippen molar-refractivity contribution < 1.29 is 4.74 Å². The maximum absolute atomic E-state index is 12.9. The van der Waals surface area contributed by atoms with Crippen molar-refractivity contribution in [2.45, 2.75) is 13.8 Å². The molecule has 120 valence electrons. The van der Waals surface area contributed by atoms with Crippen LogP contribution in [0, 0.1) is 13.8 Å². The fourth-order valence-electron chi connectivity index (χ4n) is 2.63. The summed E-state index contributed by atoms with van der Waals surface area (Å²) in [7, 11) is 1.56. The molecule has 0 fully saturated rings. The van der Waals surface area contributed by atoms with Crippen LogP contribution in [0.2, 0.25) is 0 Å². The van der Waals surface area contributed by atoms with Gasteiger partial charge in [0.15, 0.2) is 0 Å². The van der Waals surface area contributed by atoms with Crippen LogP contribution < -0.4 is 10.3 Å². The number of aryl methyl sites for hydroxylation is 2. The summed E-state index contributed by atoms with van der Waals surface area (Å²) in [5.74, 6) is 0.569. The maximum Gasteiger partial charge on any atom is 0.292 e. The third-order valence-electron chi connectivity index (χ3n) is 4.03. The second-order valence-corrected chi connectivity index (χ2v) is 6.50. The van der Waals surface area contributed by atoms with Crippen molar-refractivity contribution in [3.8, 4) is 11.4 Å². The summed E-state index contributed by atoms with van der Waals surface area (Å²) in [6.45, 7) is 3.95. The molecule has 0 aliphatic carbocycles. The fourth-order valence-corrected chi connectivity index (χ4v) is 3.69. The number of hydrogen-bond donors (Lipinski definition) is 0. The molecule has 0 N–H and O–H groups in total. The number of fused-ring (bicyclic) bond motifs is 3. The minimum Gasteiger partial charge on any atom is -0.494 e. The number of methoxy groups -OCH3 is 1. The quantitative estimate of drug-likeness (QED) is 0.562. The normalized spacial score (nSPS) is 11.3. The smallest absolute Gasteiger partial charge is 0.292 e. The number of benzene rings is 1. The molecule has 0 radical (unpaired) electrons. The third kappa shape index (κ3) is 2.09. The summed E-state index contributed by atoms with van der Waals surface area (Å²) in [5, 5.41) is 9.26. The molecule has 0 aliphatic heterocycles. The molecule has 4 aromatic rings. The fraction of sp³-hybridized carbons (Fsp3) is 0.176. The molecule has 4 rings (SSSR count). The molecule has 0 aliphatic rings. The molecular formula is C17H14N4O2S. The lowest BCUT2D eigenvalue weighted by molar-refractivity contribution is 0.410. The predicted molar refractivity (Wildman–Crippen MR) is 94.3 cm³/mol. The van der Waals surface area contributed by atoms with Crippen LogP contribution in [0.4, 0.5) is 0 Å². The second-order valence-electron chi connectivity index (χ2n) is 5.50. The number of ether oxygens (including phenoxy) is 1. The highest BCUT2D eigenvalue weighted by Crippen LogP contribution is 2.30. The Kier molecular flexibility index (Phi) is 3.31. The van der Waals surface area contributed by atoms with Gasteiger partial charge in [0.25, 0.3) is 5.56 Å². The lowest BCUT2D eigenvalue weighted by Gasteiger charge is -2.08. The van der Waals surface area contributed by atoms with Crippen molar-refractivity contribution in [2.24, 2.45) is 0 Å². The van der Waals surface area contributed by atoms with Crippen LogP contribution in [0.1, 0.15) is 11.3 Å². The highest BCUT2D eigenvalue weighted by molar-refractivity contribution is 7.25. The first-order chi connectivity index (χ1) is 11.6. The Morgan fingerprint density at radius 2 is 2.00 bits per heavy atom. The highest BCUT2D eigenvalue weighted by atomic mass is 32.1. The molecule has 0 saturated carbocycles. The van der Waals surface area contributed by atoms with E-state index in [-0.39, 0.29) is 5.56 Å². The van der Waals surface area contributed by atoms with Crippen LogP contribution in [0.3, 0.4) is 0 Å². The third-order valence-corrected chi connectivity index (χ3v) is 5.11. The van der Waals surface area contributed by atoms with E-state index >= 15 is 0 Å². The molecule has 7 heteroatoms. The van der Waals surface area contributed by atoms with Crippen LogP contribution in [0.25, 0.3) is 26.1 Å². The van der Waals surface area contributed by atoms with Crippen LogP contribution >= 0.6 is 11.3 Å².